The van der Waals surface area contributed by atoms with E-state index in [0.717, 1.165) is 16.3 Å². The predicted molar refractivity (Wildman–Crippen MR) is 98.5 cm³/mol. The fraction of sp³-hybridized carbons (Fsp3) is 0.471. The molecule has 2 rings (SSSR count). The summed E-state index contributed by atoms with van der Waals surface area (Å²) in [6, 6.07) is 7.65. The van der Waals surface area contributed by atoms with Gasteiger partial charge in [0.1, 0.15) is 5.01 Å². The minimum Gasteiger partial charge on any atom is -0.296 e. The molecule has 0 fully saturated rings. The summed E-state index contributed by atoms with van der Waals surface area (Å²) in [6.07, 6.45) is 0.848. The first-order chi connectivity index (χ1) is 10.7. The molecule has 2 aromatic rings. The van der Waals surface area contributed by atoms with Gasteiger partial charge in [-0.2, -0.15) is 0 Å². The van der Waals surface area contributed by atoms with E-state index in [-0.39, 0.29) is 11.3 Å². The summed E-state index contributed by atoms with van der Waals surface area (Å²) < 4.78 is 0. The number of nitrogens with zero attached hydrogens (tertiary/aromatic N) is 2. The van der Waals surface area contributed by atoms with E-state index in [4.69, 9.17) is 0 Å². The smallest absolute Gasteiger partial charge is 0.258 e. The lowest BCUT2D eigenvalue weighted by Crippen LogP contribution is -2.13. The Morgan fingerprint density at radius 2 is 1.96 bits per heavy atom. The Kier molecular flexibility index (Phi) is 5.81. The van der Waals surface area contributed by atoms with E-state index < -0.39 is 0 Å². The van der Waals surface area contributed by atoms with Crippen molar-refractivity contribution in [3.05, 3.63) is 34.8 Å². The average molecular weight is 350 g/mol. The first-order valence-corrected chi connectivity index (χ1v) is 9.33. The van der Waals surface area contributed by atoms with E-state index in [1.807, 2.05) is 24.3 Å². The summed E-state index contributed by atoms with van der Waals surface area (Å²) in [6.45, 7) is 10.7. The Bertz CT molecular complexity index is 674. The second-order valence-electron chi connectivity index (χ2n) is 6.86. The highest BCUT2D eigenvalue weighted by molar-refractivity contribution is 8.00. The summed E-state index contributed by atoms with van der Waals surface area (Å²) in [5.41, 5.74) is 0.834. The van der Waals surface area contributed by atoms with E-state index in [9.17, 15) is 4.79 Å². The standard InChI is InChI=1S/C17H23N3OS2/c1-11(2)22-13-9-7-6-8-12(13)15(21)18-16-20-19-14(23-16)10-17(3,4)5/h6-9,11H,10H2,1-5H3,(H,18,20,21). The largest absolute Gasteiger partial charge is 0.296 e. The van der Waals surface area contributed by atoms with Gasteiger partial charge in [0.15, 0.2) is 0 Å². The molecule has 0 aliphatic rings. The van der Waals surface area contributed by atoms with Gasteiger partial charge in [0, 0.05) is 16.6 Å². The van der Waals surface area contributed by atoms with E-state index in [0.29, 0.717) is 15.9 Å². The van der Waals surface area contributed by atoms with Gasteiger partial charge in [-0.1, -0.05) is 58.1 Å². The van der Waals surface area contributed by atoms with Crippen molar-refractivity contribution in [2.75, 3.05) is 5.32 Å². The topological polar surface area (TPSA) is 54.9 Å². The van der Waals surface area contributed by atoms with Gasteiger partial charge in [-0.15, -0.1) is 22.0 Å². The molecule has 23 heavy (non-hydrogen) atoms. The molecule has 124 valence electrons. The Morgan fingerprint density at radius 1 is 1.26 bits per heavy atom. The van der Waals surface area contributed by atoms with E-state index in [1.54, 1.807) is 11.8 Å². The number of thioether (sulfide) groups is 1. The van der Waals surface area contributed by atoms with Crippen molar-refractivity contribution in [2.45, 2.75) is 51.2 Å². The van der Waals surface area contributed by atoms with Gasteiger partial charge >= 0.3 is 0 Å². The monoisotopic (exact) mass is 349 g/mol. The van der Waals surface area contributed by atoms with Gasteiger partial charge in [-0.05, 0) is 17.5 Å². The number of anilines is 1. The predicted octanol–water partition coefficient (Wildman–Crippen LogP) is 4.88. The van der Waals surface area contributed by atoms with Gasteiger partial charge in [0.05, 0.1) is 5.56 Å². The SMILES string of the molecule is CC(C)Sc1ccccc1C(=O)Nc1nnc(CC(C)(C)C)s1. The number of hydrogen-bond acceptors (Lipinski definition) is 5. The number of amides is 1. The summed E-state index contributed by atoms with van der Waals surface area (Å²) in [5.74, 6) is -0.132. The molecule has 1 amide bonds. The number of rotatable bonds is 5. The van der Waals surface area contributed by atoms with Gasteiger partial charge in [0.2, 0.25) is 5.13 Å². The van der Waals surface area contributed by atoms with Crippen LogP contribution in [0.15, 0.2) is 29.2 Å². The zero-order chi connectivity index (χ0) is 17.0. The maximum absolute atomic E-state index is 12.5. The number of nitrogens with one attached hydrogen (secondary N) is 1. The molecule has 4 nitrogen and oxygen atoms in total. The normalized spacial score (nSPS) is 11.7. The minimum absolute atomic E-state index is 0.132. The molecule has 0 aliphatic heterocycles. The second kappa shape index (κ2) is 7.45. The van der Waals surface area contributed by atoms with E-state index in [2.05, 4.69) is 50.1 Å². The molecule has 0 aliphatic carbocycles. The summed E-state index contributed by atoms with van der Waals surface area (Å²) in [5, 5.41) is 13.0. The highest BCUT2D eigenvalue weighted by atomic mass is 32.2. The molecule has 0 radical (unpaired) electrons. The number of benzene rings is 1. The van der Waals surface area contributed by atoms with Crippen LogP contribution in [0, 0.1) is 5.41 Å². The maximum atomic E-state index is 12.5. The van der Waals surface area contributed by atoms with Crippen molar-refractivity contribution in [1.29, 1.82) is 0 Å². The van der Waals surface area contributed by atoms with E-state index >= 15 is 0 Å². The van der Waals surface area contributed by atoms with Crippen LogP contribution in [0.4, 0.5) is 5.13 Å². The Hall–Kier alpha value is -1.40. The van der Waals surface area contributed by atoms with Crippen molar-refractivity contribution in [2.24, 2.45) is 5.41 Å². The number of carbonyl (C=O) groups excluding carboxylic acids is 1. The van der Waals surface area contributed by atoms with E-state index in [1.165, 1.54) is 11.3 Å². The number of hydrogen-bond donors (Lipinski definition) is 1. The molecule has 1 aromatic heterocycles. The van der Waals surface area contributed by atoms with Crippen LogP contribution in [0.25, 0.3) is 0 Å². The minimum atomic E-state index is -0.132. The van der Waals surface area contributed by atoms with Crippen molar-refractivity contribution in [1.82, 2.24) is 10.2 Å². The Balaban J connectivity index is 2.11. The molecule has 1 N–H and O–H groups in total. The third-order valence-corrected chi connectivity index (χ3v) is 4.78. The lowest BCUT2D eigenvalue weighted by Gasteiger charge is -2.14. The Morgan fingerprint density at radius 3 is 2.61 bits per heavy atom. The molecule has 6 heteroatoms. The maximum Gasteiger partial charge on any atom is 0.258 e. The van der Waals surface area contributed by atoms with Gasteiger partial charge in [0.25, 0.3) is 5.91 Å². The lowest BCUT2D eigenvalue weighted by molar-refractivity contribution is 0.102. The van der Waals surface area contributed by atoms with Crippen molar-refractivity contribution < 1.29 is 4.79 Å². The summed E-state index contributed by atoms with van der Waals surface area (Å²) >= 11 is 3.13. The van der Waals surface area contributed by atoms with Gasteiger partial charge in [-0.25, -0.2) is 0 Å². The van der Waals surface area contributed by atoms with Crippen LogP contribution < -0.4 is 5.32 Å². The van der Waals surface area contributed by atoms with Crippen LogP contribution in [0.2, 0.25) is 0 Å². The van der Waals surface area contributed by atoms with Crippen LogP contribution >= 0.6 is 23.1 Å². The lowest BCUT2D eigenvalue weighted by atomic mass is 9.93. The highest BCUT2D eigenvalue weighted by Crippen LogP contribution is 2.28. The fourth-order valence-electron chi connectivity index (χ4n) is 2.00. The first-order valence-electron chi connectivity index (χ1n) is 7.64. The highest BCUT2D eigenvalue weighted by Gasteiger charge is 2.17. The third kappa shape index (κ3) is 5.62. The quantitative estimate of drug-likeness (QED) is 0.782. The Labute approximate surface area is 146 Å². The van der Waals surface area contributed by atoms with Crippen LogP contribution in [-0.2, 0) is 6.42 Å². The van der Waals surface area contributed by atoms with Crippen LogP contribution in [-0.4, -0.2) is 21.4 Å². The summed E-state index contributed by atoms with van der Waals surface area (Å²) in [4.78, 5) is 13.5. The van der Waals surface area contributed by atoms with Gasteiger partial charge < -0.3 is 0 Å². The third-order valence-electron chi connectivity index (χ3n) is 2.86. The number of aromatic nitrogens is 2. The molecule has 0 saturated heterocycles. The molecule has 0 spiro atoms. The first kappa shape index (κ1) is 17.9. The molecular weight excluding hydrogens is 326 g/mol. The van der Waals surface area contributed by atoms with Crippen molar-refractivity contribution >= 4 is 34.1 Å². The molecule has 0 unspecified atom stereocenters. The molecule has 1 aromatic carbocycles. The average Bonchev–Trinajstić information content (AvgIpc) is 2.83. The zero-order valence-electron chi connectivity index (χ0n) is 14.2. The number of carbonyl (C=O) groups is 1. The molecular formula is C17H23N3OS2. The molecule has 0 bridgehead atoms. The fourth-order valence-corrected chi connectivity index (χ4v) is 3.99. The molecule has 0 atom stereocenters. The zero-order valence-corrected chi connectivity index (χ0v) is 15.8. The van der Waals surface area contributed by atoms with Crippen LogP contribution in [0.3, 0.4) is 0 Å². The van der Waals surface area contributed by atoms with Crippen LogP contribution in [0.1, 0.15) is 50.0 Å². The molecule has 1 heterocycles. The van der Waals surface area contributed by atoms with Crippen molar-refractivity contribution in [3.63, 3.8) is 0 Å². The summed E-state index contributed by atoms with van der Waals surface area (Å²) in [7, 11) is 0. The second-order valence-corrected chi connectivity index (χ2v) is 9.54. The molecule has 0 saturated carbocycles. The van der Waals surface area contributed by atoms with Gasteiger partial charge in [-0.3, -0.25) is 10.1 Å². The van der Waals surface area contributed by atoms with Crippen molar-refractivity contribution in [3.8, 4) is 0 Å². The van der Waals surface area contributed by atoms with Crippen LogP contribution in [0.5, 0.6) is 0 Å².